The molecule has 0 radical (unpaired) electrons. The standard InChI is InChI=1S/C15H22N2O2/c1-14(2,3)19-13(18)17-10-11-5-8-16-12(11)9-15(17)6-4-7-15/h5,8,16H,4,6-7,9-10H2,1-3H3. The van der Waals surface area contributed by atoms with Gasteiger partial charge in [-0.3, -0.25) is 4.90 Å². The molecule has 4 heteroatoms. The van der Waals surface area contributed by atoms with Crippen LogP contribution in [-0.2, 0) is 17.7 Å². The zero-order valence-electron chi connectivity index (χ0n) is 12.0. The third-order valence-corrected chi connectivity index (χ3v) is 4.23. The van der Waals surface area contributed by atoms with Crippen LogP contribution in [0.2, 0.25) is 0 Å². The Bertz CT molecular complexity index is 494. The minimum absolute atomic E-state index is 0.000185. The van der Waals surface area contributed by atoms with Crippen molar-refractivity contribution in [2.24, 2.45) is 0 Å². The second-order valence-electron chi connectivity index (χ2n) is 6.80. The second-order valence-corrected chi connectivity index (χ2v) is 6.80. The van der Waals surface area contributed by atoms with E-state index in [9.17, 15) is 4.79 Å². The summed E-state index contributed by atoms with van der Waals surface area (Å²) in [6, 6.07) is 2.07. The van der Waals surface area contributed by atoms with Crippen LogP contribution in [0.15, 0.2) is 12.3 Å². The van der Waals surface area contributed by atoms with Gasteiger partial charge in [-0.2, -0.15) is 0 Å². The van der Waals surface area contributed by atoms with Crippen LogP contribution in [0.3, 0.4) is 0 Å². The van der Waals surface area contributed by atoms with Crippen molar-refractivity contribution in [3.8, 4) is 0 Å². The quantitative estimate of drug-likeness (QED) is 0.780. The van der Waals surface area contributed by atoms with E-state index < -0.39 is 5.60 Å². The molecular formula is C15H22N2O2. The maximum atomic E-state index is 12.4. The van der Waals surface area contributed by atoms with Gasteiger partial charge in [0.1, 0.15) is 5.60 Å². The highest BCUT2D eigenvalue weighted by molar-refractivity contribution is 5.70. The number of fused-ring (bicyclic) bond motifs is 1. The molecule has 19 heavy (non-hydrogen) atoms. The van der Waals surface area contributed by atoms with Crippen LogP contribution in [0.5, 0.6) is 0 Å². The van der Waals surface area contributed by atoms with E-state index in [2.05, 4.69) is 11.1 Å². The number of rotatable bonds is 0. The fourth-order valence-electron chi connectivity index (χ4n) is 3.12. The number of amides is 1. The van der Waals surface area contributed by atoms with E-state index in [0.717, 1.165) is 19.3 Å². The van der Waals surface area contributed by atoms with E-state index in [1.165, 1.54) is 17.7 Å². The lowest BCUT2D eigenvalue weighted by atomic mass is 9.70. The van der Waals surface area contributed by atoms with Gasteiger partial charge in [-0.05, 0) is 51.7 Å². The number of H-pyrrole nitrogens is 1. The summed E-state index contributed by atoms with van der Waals surface area (Å²) in [6.45, 7) is 6.44. The molecule has 1 amide bonds. The third-order valence-electron chi connectivity index (χ3n) is 4.23. The maximum absolute atomic E-state index is 12.4. The van der Waals surface area contributed by atoms with Crippen LogP contribution >= 0.6 is 0 Å². The third kappa shape index (κ3) is 2.13. The van der Waals surface area contributed by atoms with Gasteiger partial charge in [0.2, 0.25) is 0 Å². The molecule has 1 N–H and O–H groups in total. The highest BCUT2D eigenvalue weighted by Gasteiger charge is 2.49. The molecule has 0 saturated heterocycles. The van der Waals surface area contributed by atoms with Gasteiger partial charge in [0.25, 0.3) is 0 Å². The molecule has 0 bridgehead atoms. The van der Waals surface area contributed by atoms with E-state index in [4.69, 9.17) is 4.74 Å². The summed E-state index contributed by atoms with van der Waals surface area (Å²) in [6.07, 6.45) is 6.12. The lowest BCUT2D eigenvalue weighted by Gasteiger charge is -2.52. The van der Waals surface area contributed by atoms with Crippen molar-refractivity contribution in [2.45, 2.75) is 64.1 Å². The van der Waals surface area contributed by atoms with Gasteiger partial charge < -0.3 is 9.72 Å². The van der Waals surface area contributed by atoms with Gasteiger partial charge in [0, 0.05) is 18.3 Å². The van der Waals surface area contributed by atoms with Crippen molar-refractivity contribution in [1.29, 1.82) is 0 Å². The summed E-state index contributed by atoms with van der Waals surface area (Å²) in [5.74, 6) is 0. The van der Waals surface area contributed by atoms with Crippen LogP contribution < -0.4 is 0 Å². The Morgan fingerprint density at radius 1 is 1.42 bits per heavy atom. The fourth-order valence-corrected chi connectivity index (χ4v) is 3.12. The lowest BCUT2D eigenvalue weighted by Crippen LogP contribution is -2.60. The van der Waals surface area contributed by atoms with E-state index in [0.29, 0.717) is 6.54 Å². The summed E-state index contributed by atoms with van der Waals surface area (Å²) >= 11 is 0. The van der Waals surface area contributed by atoms with Gasteiger partial charge in [0.05, 0.1) is 12.1 Å². The molecule has 4 nitrogen and oxygen atoms in total. The van der Waals surface area contributed by atoms with Crippen LogP contribution in [0.25, 0.3) is 0 Å². The van der Waals surface area contributed by atoms with Crippen molar-refractivity contribution in [3.05, 3.63) is 23.5 Å². The molecule has 1 saturated carbocycles. The maximum Gasteiger partial charge on any atom is 0.411 e. The Morgan fingerprint density at radius 3 is 2.74 bits per heavy atom. The normalized spacial score (nSPS) is 20.9. The molecule has 1 spiro atoms. The number of hydrogen-bond donors (Lipinski definition) is 1. The topological polar surface area (TPSA) is 45.3 Å². The summed E-state index contributed by atoms with van der Waals surface area (Å²) in [4.78, 5) is 17.7. The van der Waals surface area contributed by atoms with Crippen LogP contribution in [0.4, 0.5) is 4.79 Å². The Morgan fingerprint density at radius 2 is 2.16 bits per heavy atom. The predicted molar refractivity (Wildman–Crippen MR) is 72.9 cm³/mol. The van der Waals surface area contributed by atoms with E-state index in [1.807, 2.05) is 31.9 Å². The molecule has 1 aliphatic heterocycles. The summed E-state index contributed by atoms with van der Waals surface area (Å²) in [5, 5.41) is 0. The average molecular weight is 262 g/mol. The van der Waals surface area contributed by atoms with Gasteiger partial charge in [0.15, 0.2) is 0 Å². The van der Waals surface area contributed by atoms with Crippen molar-refractivity contribution in [2.75, 3.05) is 0 Å². The largest absolute Gasteiger partial charge is 0.444 e. The predicted octanol–water partition coefficient (Wildman–Crippen LogP) is 3.23. The molecule has 104 valence electrons. The number of hydrogen-bond acceptors (Lipinski definition) is 2. The number of carbonyl (C=O) groups is 1. The Balaban J connectivity index is 1.85. The van der Waals surface area contributed by atoms with E-state index >= 15 is 0 Å². The van der Waals surface area contributed by atoms with Crippen molar-refractivity contribution in [1.82, 2.24) is 9.88 Å². The number of aromatic amines is 1. The van der Waals surface area contributed by atoms with Gasteiger partial charge in [-0.25, -0.2) is 4.79 Å². The van der Waals surface area contributed by atoms with E-state index in [1.54, 1.807) is 0 Å². The van der Waals surface area contributed by atoms with Crippen molar-refractivity contribution >= 4 is 6.09 Å². The first-order valence-electron chi connectivity index (χ1n) is 7.05. The highest BCUT2D eigenvalue weighted by atomic mass is 16.6. The zero-order valence-corrected chi connectivity index (χ0v) is 12.0. The van der Waals surface area contributed by atoms with Crippen LogP contribution in [0.1, 0.15) is 51.3 Å². The summed E-state index contributed by atoms with van der Waals surface area (Å²) in [7, 11) is 0. The molecule has 1 aromatic rings. The average Bonchev–Trinajstić information content (AvgIpc) is 2.69. The molecule has 0 unspecified atom stereocenters. The zero-order chi connectivity index (χ0) is 13.7. The van der Waals surface area contributed by atoms with Crippen molar-refractivity contribution in [3.63, 3.8) is 0 Å². The Kier molecular flexibility index (Phi) is 2.66. The number of carbonyl (C=O) groups excluding carboxylic acids is 1. The summed E-state index contributed by atoms with van der Waals surface area (Å²) < 4.78 is 5.58. The molecule has 1 aliphatic carbocycles. The minimum Gasteiger partial charge on any atom is -0.444 e. The highest BCUT2D eigenvalue weighted by Crippen LogP contribution is 2.45. The van der Waals surface area contributed by atoms with Crippen molar-refractivity contribution < 1.29 is 9.53 Å². The van der Waals surface area contributed by atoms with Crippen LogP contribution in [0, 0.1) is 0 Å². The number of nitrogens with zero attached hydrogens (tertiary/aromatic N) is 1. The molecule has 0 atom stereocenters. The van der Waals surface area contributed by atoms with E-state index in [-0.39, 0.29) is 11.6 Å². The first kappa shape index (κ1) is 12.6. The Labute approximate surface area is 114 Å². The molecule has 2 aliphatic rings. The summed E-state index contributed by atoms with van der Waals surface area (Å²) in [5.41, 5.74) is 2.09. The van der Waals surface area contributed by atoms with Gasteiger partial charge >= 0.3 is 6.09 Å². The molecule has 1 fully saturated rings. The number of aromatic nitrogens is 1. The number of ether oxygens (including phenoxy) is 1. The molecule has 3 rings (SSSR count). The molecule has 0 aromatic carbocycles. The number of nitrogens with one attached hydrogen (secondary N) is 1. The molecule has 2 heterocycles. The Hall–Kier alpha value is -1.45. The first-order chi connectivity index (χ1) is 8.90. The van der Waals surface area contributed by atoms with Gasteiger partial charge in [-0.1, -0.05) is 0 Å². The van der Waals surface area contributed by atoms with Gasteiger partial charge in [-0.15, -0.1) is 0 Å². The van der Waals surface area contributed by atoms with Crippen LogP contribution in [-0.4, -0.2) is 27.1 Å². The second kappa shape index (κ2) is 4.02. The minimum atomic E-state index is -0.430. The molecule has 1 aromatic heterocycles. The lowest BCUT2D eigenvalue weighted by molar-refractivity contribution is -0.0358. The smallest absolute Gasteiger partial charge is 0.411 e. The fraction of sp³-hybridized carbons (Fsp3) is 0.667. The monoisotopic (exact) mass is 262 g/mol. The molecular weight excluding hydrogens is 240 g/mol. The first-order valence-corrected chi connectivity index (χ1v) is 7.05. The SMILES string of the molecule is CC(C)(C)OC(=O)N1Cc2cc[nH]c2CC12CCC2.